The summed E-state index contributed by atoms with van der Waals surface area (Å²) >= 11 is 0. The van der Waals surface area contributed by atoms with Crippen molar-refractivity contribution < 1.29 is 23.8 Å². The van der Waals surface area contributed by atoms with Crippen LogP contribution in [-0.4, -0.2) is 62.5 Å². The molecule has 0 spiro atoms. The number of anilines is 2. The lowest BCUT2D eigenvalue weighted by Gasteiger charge is -2.29. The number of ether oxygens (including phenoxy) is 2. The van der Waals surface area contributed by atoms with Crippen LogP contribution in [0.15, 0.2) is 29.5 Å². The van der Waals surface area contributed by atoms with E-state index in [9.17, 15) is 4.79 Å². The van der Waals surface area contributed by atoms with Gasteiger partial charge in [-0.25, -0.2) is 9.18 Å². The molecule has 2 saturated heterocycles. The Bertz CT molecular complexity index is 898. The molecule has 0 aromatic heterocycles. The van der Waals surface area contributed by atoms with Gasteiger partial charge in [0.2, 0.25) is 0 Å². The maximum atomic E-state index is 15.3. The van der Waals surface area contributed by atoms with Gasteiger partial charge in [0.05, 0.1) is 30.7 Å². The van der Waals surface area contributed by atoms with Crippen LogP contribution in [0.1, 0.15) is 37.7 Å². The molecule has 32 heavy (non-hydrogen) atoms. The van der Waals surface area contributed by atoms with Gasteiger partial charge >= 0.3 is 6.09 Å². The molecule has 1 aromatic rings. The first-order chi connectivity index (χ1) is 15.5. The van der Waals surface area contributed by atoms with Gasteiger partial charge in [-0.2, -0.15) is 0 Å². The quantitative estimate of drug-likeness (QED) is 0.395. The minimum Gasteiger partial charge on any atom is -0.515 e. The Morgan fingerprint density at radius 1 is 1.31 bits per heavy atom. The van der Waals surface area contributed by atoms with E-state index in [1.54, 1.807) is 0 Å². The molecule has 3 fully saturated rings. The van der Waals surface area contributed by atoms with Crippen molar-refractivity contribution >= 4 is 23.3 Å². The predicted molar refractivity (Wildman–Crippen MR) is 121 cm³/mol. The van der Waals surface area contributed by atoms with Crippen LogP contribution < -0.4 is 15.5 Å². The summed E-state index contributed by atoms with van der Waals surface area (Å²) in [6, 6.07) is 3.42. The van der Waals surface area contributed by atoms with Crippen molar-refractivity contribution in [2.75, 3.05) is 49.2 Å². The zero-order chi connectivity index (χ0) is 22.7. The lowest BCUT2D eigenvalue weighted by atomic mass is 10.0. The number of amidine groups is 1. The lowest BCUT2D eigenvalue weighted by molar-refractivity contribution is 0.124. The fraction of sp³-hybridized carbons (Fsp3) is 0.565. The number of hydrogen-bond acceptors (Lipinski definition) is 6. The maximum absolute atomic E-state index is 15.3. The van der Waals surface area contributed by atoms with E-state index in [4.69, 9.17) is 20.3 Å². The van der Waals surface area contributed by atoms with Gasteiger partial charge in [-0.05, 0) is 42.7 Å². The summed E-state index contributed by atoms with van der Waals surface area (Å²) < 4.78 is 26.3. The summed E-state index contributed by atoms with van der Waals surface area (Å²) in [6.07, 6.45) is 3.79. The highest BCUT2D eigenvalue weighted by atomic mass is 19.1. The molecule has 1 amide bonds. The minimum absolute atomic E-state index is 0.142. The smallest absolute Gasteiger partial charge is 0.414 e. The van der Waals surface area contributed by atoms with Crippen molar-refractivity contribution in [2.45, 2.75) is 38.2 Å². The number of aliphatic hydroxyl groups excluding tert-OH is 1. The Morgan fingerprint density at radius 3 is 2.69 bits per heavy atom. The molecule has 3 aliphatic rings. The van der Waals surface area contributed by atoms with Gasteiger partial charge in [0.15, 0.2) is 0 Å². The molecular weight excluding hydrogens is 415 g/mol. The van der Waals surface area contributed by atoms with E-state index < -0.39 is 12.2 Å². The number of aliphatic imine (C=N–C) groups is 1. The third kappa shape index (κ3) is 4.98. The van der Waals surface area contributed by atoms with Crippen molar-refractivity contribution in [2.24, 2.45) is 16.6 Å². The van der Waals surface area contributed by atoms with Gasteiger partial charge in [0.25, 0.3) is 0 Å². The predicted octanol–water partition coefficient (Wildman–Crippen LogP) is 3.32. The first-order valence-corrected chi connectivity index (χ1v) is 11.2. The SMILES string of the molecule is CC1C[C@@H]1c1cc(N2CCCOCCC2)c(F)cc1N1CC(CN=C(N)/C=C\O)OC1=O. The number of rotatable bonds is 6. The Hall–Kier alpha value is -2.81. The van der Waals surface area contributed by atoms with Crippen molar-refractivity contribution in [3.63, 3.8) is 0 Å². The average molecular weight is 447 g/mol. The molecule has 1 aliphatic carbocycles. The zero-order valence-electron chi connectivity index (χ0n) is 18.4. The van der Waals surface area contributed by atoms with Crippen LogP contribution in [0.2, 0.25) is 0 Å². The Labute approximate surface area is 187 Å². The summed E-state index contributed by atoms with van der Waals surface area (Å²) in [5.74, 6) is 0.614. The fourth-order valence-electron chi connectivity index (χ4n) is 4.42. The molecule has 9 heteroatoms. The number of amides is 1. The normalized spacial score (nSPS) is 26.9. The van der Waals surface area contributed by atoms with E-state index in [0.29, 0.717) is 36.4 Å². The second kappa shape index (κ2) is 9.77. The van der Waals surface area contributed by atoms with Crippen LogP contribution in [0.25, 0.3) is 0 Å². The lowest BCUT2D eigenvalue weighted by Crippen LogP contribution is -2.31. The second-order valence-electron chi connectivity index (χ2n) is 8.69. The number of halogens is 1. The van der Waals surface area contributed by atoms with E-state index in [2.05, 4.69) is 16.8 Å². The van der Waals surface area contributed by atoms with Gasteiger partial charge < -0.3 is 25.2 Å². The van der Waals surface area contributed by atoms with E-state index in [1.807, 2.05) is 6.07 Å². The highest BCUT2D eigenvalue weighted by Gasteiger charge is 2.41. The Morgan fingerprint density at radius 2 is 2.03 bits per heavy atom. The number of cyclic esters (lactones) is 1. The molecule has 1 saturated carbocycles. The first kappa shape index (κ1) is 22.4. The monoisotopic (exact) mass is 446 g/mol. The van der Waals surface area contributed by atoms with Gasteiger partial charge in [-0.1, -0.05) is 6.92 Å². The highest BCUT2D eigenvalue weighted by Crippen LogP contribution is 2.51. The Kier molecular flexibility index (Phi) is 6.83. The standard InChI is InChI=1S/C23H31FN4O4/c1-15-10-17(15)18-11-21(27-5-2-8-31-9-3-6-27)19(24)12-20(18)28-14-16(32-23(28)30)13-26-22(25)4-7-29/h4,7,11-12,15-17,29H,2-3,5-6,8-10,13-14H2,1H3,(H2,25,26)/b7-4-/t15?,16?,17-/m0/s1. The summed E-state index contributed by atoms with van der Waals surface area (Å²) in [6.45, 7) is 5.46. The first-order valence-electron chi connectivity index (χ1n) is 11.2. The van der Waals surface area contributed by atoms with Gasteiger partial charge in [-0.3, -0.25) is 9.89 Å². The van der Waals surface area contributed by atoms with Gasteiger partial charge in [-0.15, -0.1) is 0 Å². The molecule has 3 atom stereocenters. The molecule has 4 rings (SSSR count). The molecule has 2 aliphatic heterocycles. The number of benzene rings is 1. The topological polar surface area (TPSA) is 101 Å². The molecular formula is C23H31FN4O4. The van der Waals surface area contributed by atoms with E-state index >= 15 is 4.39 Å². The molecule has 174 valence electrons. The average Bonchev–Trinajstić information content (AvgIpc) is 3.34. The fourth-order valence-corrected chi connectivity index (χ4v) is 4.42. The number of carbonyl (C=O) groups excluding carboxylic acids is 1. The van der Waals surface area contributed by atoms with E-state index in [0.717, 1.165) is 44.2 Å². The van der Waals surface area contributed by atoms with Crippen LogP contribution in [0.3, 0.4) is 0 Å². The molecule has 2 unspecified atom stereocenters. The van der Waals surface area contributed by atoms with Crippen molar-refractivity contribution in [3.05, 3.63) is 35.9 Å². The van der Waals surface area contributed by atoms with Gasteiger partial charge in [0.1, 0.15) is 17.8 Å². The summed E-state index contributed by atoms with van der Waals surface area (Å²) in [5.41, 5.74) is 7.82. The summed E-state index contributed by atoms with van der Waals surface area (Å²) in [7, 11) is 0. The molecule has 2 heterocycles. The zero-order valence-corrected chi connectivity index (χ0v) is 18.4. The van der Waals surface area contributed by atoms with E-state index in [-0.39, 0.29) is 24.7 Å². The summed E-state index contributed by atoms with van der Waals surface area (Å²) in [5, 5.41) is 8.76. The molecule has 0 radical (unpaired) electrons. The number of nitrogens with zero attached hydrogens (tertiary/aromatic N) is 3. The molecule has 1 aromatic carbocycles. The van der Waals surface area contributed by atoms with Crippen molar-refractivity contribution in [1.82, 2.24) is 0 Å². The van der Waals surface area contributed by atoms with Crippen molar-refractivity contribution in [3.8, 4) is 0 Å². The molecule has 3 N–H and O–H groups in total. The van der Waals surface area contributed by atoms with Gasteiger partial charge in [0, 0.05) is 38.4 Å². The van der Waals surface area contributed by atoms with Crippen LogP contribution in [-0.2, 0) is 9.47 Å². The second-order valence-corrected chi connectivity index (χ2v) is 8.69. The van der Waals surface area contributed by atoms with Crippen LogP contribution in [0, 0.1) is 11.7 Å². The van der Waals surface area contributed by atoms with Crippen molar-refractivity contribution in [1.29, 1.82) is 0 Å². The third-order valence-electron chi connectivity index (χ3n) is 6.27. The maximum Gasteiger partial charge on any atom is 0.414 e. The minimum atomic E-state index is -0.508. The number of nitrogens with two attached hydrogens (primary N) is 1. The molecule has 0 bridgehead atoms. The number of hydrogen-bond donors (Lipinski definition) is 2. The summed E-state index contributed by atoms with van der Waals surface area (Å²) in [4.78, 5) is 20.3. The molecule has 8 nitrogen and oxygen atoms in total. The van der Waals surface area contributed by atoms with E-state index in [1.165, 1.54) is 17.0 Å². The van der Waals surface area contributed by atoms with Crippen LogP contribution in [0.4, 0.5) is 20.6 Å². The third-order valence-corrected chi connectivity index (χ3v) is 6.27. The number of carbonyl (C=O) groups is 1. The Balaban J connectivity index is 1.59. The van der Waals surface area contributed by atoms with Crippen LogP contribution in [0.5, 0.6) is 0 Å². The number of aliphatic hydroxyl groups is 1. The van der Waals surface area contributed by atoms with Crippen LogP contribution >= 0.6 is 0 Å². The largest absolute Gasteiger partial charge is 0.515 e. The highest BCUT2D eigenvalue weighted by molar-refractivity contribution is 5.92.